The lowest BCUT2D eigenvalue weighted by atomic mass is 9.44. The predicted molar refractivity (Wildman–Crippen MR) is 171 cm³/mol. The standard InChI is InChI=1S/C38H58O4/c1-24(2)25(3)8-9-26(4)31-14-15-32-30-13-12-28-23-29(18-20-37(28,5)33(30)19-21-38(31,32)6)42-36(40)17-11-27-10-16-34(39)35(22-27)41-7/h10-11,16-17,22,24-26,28-33,39H,8-9,12-15,18-21,23H2,1-7H3/b17-11+/t25-,26-,28-,29+,30+,31-,32+,33+,37+,38-/m1/s1. The third kappa shape index (κ3) is 6.03. The fraction of sp³-hybridized carbons (Fsp3) is 0.763. The molecule has 4 aliphatic rings. The van der Waals surface area contributed by atoms with Gasteiger partial charge in [-0.25, -0.2) is 4.79 Å². The van der Waals surface area contributed by atoms with Crippen LogP contribution in [0.5, 0.6) is 11.5 Å². The molecular weight excluding hydrogens is 520 g/mol. The van der Waals surface area contributed by atoms with Crippen molar-refractivity contribution < 1.29 is 19.4 Å². The Balaban J connectivity index is 1.18. The van der Waals surface area contributed by atoms with Crippen LogP contribution < -0.4 is 4.74 Å². The highest BCUT2D eigenvalue weighted by molar-refractivity contribution is 5.87. The van der Waals surface area contributed by atoms with Crippen molar-refractivity contribution in [1.29, 1.82) is 0 Å². The van der Waals surface area contributed by atoms with E-state index in [0.717, 1.165) is 59.8 Å². The molecule has 4 nitrogen and oxygen atoms in total. The molecule has 0 spiro atoms. The van der Waals surface area contributed by atoms with E-state index >= 15 is 0 Å². The van der Waals surface area contributed by atoms with Crippen molar-refractivity contribution in [3.8, 4) is 11.5 Å². The summed E-state index contributed by atoms with van der Waals surface area (Å²) in [6, 6.07) is 5.07. The lowest BCUT2D eigenvalue weighted by molar-refractivity contribution is -0.157. The monoisotopic (exact) mass is 578 g/mol. The summed E-state index contributed by atoms with van der Waals surface area (Å²) in [5.74, 6) is 6.88. The largest absolute Gasteiger partial charge is 0.504 e. The molecule has 0 heterocycles. The van der Waals surface area contributed by atoms with Crippen LogP contribution in [0.15, 0.2) is 24.3 Å². The van der Waals surface area contributed by atoms with Gasteiger partial charge in [-0.2, -0.15) is 0 Å². The van der Waals surface area contributed by atoms with Crippen LogP contribution in [0.3, 0.4) is 0 Å². The summed E-state index contributed by atoms with van der Waals surface area (Å²) < 4.78 is 11.2. The molecule has 5 rings (SSSR count). The van der Waals surface area contributed by atoms with Crippen molar-refractivity contribution >= 4 is 12.0 Å². The van der Waals surface area contributed by atoms with Crippen molar-refractivity contribution in [2.24, 2.45) is 58.2 Å². The number of fused-ring (bicyclic) bond motifs is 5. The Labute approximate surface area is 256 Å². The van der Waals surface area contributed by atoms with Gasteiger partial charge in [-0.05, 0) is 140 Å². The fourth-order valence-corrected chi connectivity index (χ4v) is 10.5. The molecule has 0 saturated heterocycles. The van der Waals surface area contributed by atoms with E-state index in [1.54, 1.807) is 24.3 Å². The van der Waals surface area contributed by atoms with Crippen molar-refractivity contribution in [2.75, 3.05) is 7.11 Å². The number of rotatable bonds is 9. The number of hydrogen-bond acceptors (Lipinski definition) is 4. The summed E-state index contributed by atoms with van der Waals surface area (Å²) in [5, 5.41) is 9.82. The van der Waals surface area contributed by atoms with Gasteiger partial charge < -0.3 is 14.6 Å². The van der Waals surface area contributed by atoms with Crippen LogP contribution in [0.1, 0.15) is 118 Å². The number of benzene rings is 1. The molecule has 1 aromatic carbocycles. The van der Waals surface area contributed by atoms with Gasteiger partial charge in [0.15, 0.2) is 11.5 Å². The summed E-state index contributed by atoms with van der Waals surface area (Å²) in [7, 11) is 1.52. The van der Waals surface area contributed by atoms with E-state index in [0.29, 0.717) is 22.5 Å². The molecule has 0 aliphatic heterocycles. The highest BCUT2D eigenvalue weighted by Gasteiger charge is 2.60. The minimum Gasteiger partial charge on any atom is -0.504 e. The van der Waals surface area contributed by atoms with Crippen LogP contribution in [-0.2, 0) is 9.53 Å². The van der Waals surface area contributed by atoms with E-state index < -0.39 is 0 Å². The number of esters is 1. The summed E-state index contributed by atoms with van der Waals surface area (Å²) in [6.45, 7) is 15.1. The molecule has 1 aromatic rings. The topological polar surface area (TPSA) is 55.8 Å². The first-order valence-electron chi connectivity index (χ1n) is 17.2. The van der Waals surface area contributed by atoms with Gasteiger partial charge >= 0.3 is 5.97 Å². The lowest BCUT2D eigenvalue weighted by Gasteiger charge is -2.61. The van der Waals surface area contributed by atoms with Crippen molar-refractivity contribution in [1.82, 2.24) is 0 Å². The second-order valence-corrected chi connectivity index (χ2v) is 15.8. The summed E-state index contributed by atoms with van der Waals surface area (Å²) >= 11 is 0. The van der Waals surface area contributed by atoms with Crippen LogP contribution >= 0.6 is 0 Å². The lowest BCUT2D eigenvalue weighted by Crippen LogP contribution is -2.54. The number of hydrogen-bond donors (Lipinski definition) is 1. The van der Waals surface area contributed by atoms with Crippen LogP contribution in [-0.4, -0.2) is 24.3 Å². The predicted octanol–water partition coefficient (Wildman–Crippen LogP) is 9.69. The van der Waals surface area contributed by atoms with E-state index in [-0.39, 0.29) is 17.8 Å². The number of carbonyl (C=O) groups is 1. The Morgan fingerprint density at radius 3 is 2.45 bits per heavy atom. The molecular formula is C38H58O4. The molecule has 0 radical (unpaired) electrons. The van der Waals surface area contributed by atoms with Gasteiger partial charge in [-0.3, -0.25) is 0 Å². The third-order valence-corrected chi connectivity index (χ3v) is 13.5. The van der Waals surface area contributed by atoms with E-state index in [1.165, 1.54) is 71.0 Å². The average Bonchev–Trinajstić information content (AvgIpc) is 3.32. The van der Waals surface area contributed by atoms with Gasteiger partial charge in [0.2, 0.25) is 0 Å². The first-order valence-corrected chi connectivity index (χ1v) is 17.2. The number of methoxy groups -OCH3 is 1. The Morgan fingerprint density at radius 1 is 0.976 bits per heavy atom. The van der Waals surface area contributed by atoms with Gasteiger partial charge in [0.05, 0.1) is 7.11 Å². The minimum atomic E-state index is -0.272. The number of aromatic hydroxyl groups is 1. The maximum atomic E-state index is 12.7. The molecule has 4 heteroatoms. The number of ether oxygens (including phenoxy) is 2. The molecule has 1 N–H and O–H groups in total. The Kier molecular flexibility index (Phi) is 9.41. The fourth-order valence-electron chi connectivity index (χ4n) is 10.5. The molecule has 42 heavy (non-hydrogen) atoms. The Bertz CT molecular complexity index is 1120. The van der Waals surface area contributed by atoms with Crippen LogP contribution in [0, 0.1) is 58.2 Å². The zero-order valence-corrected chi connectivity index (χ0v) is 27.5. The second kappa shape index (κ2) is 12.6. The Hall–Kier alpha value is -1.97. The minimum absolute atomic E-state index is 0.0185. The molecule has 4 saturated carbocycles. The zero-order valence-electron chi connectivity index (χ0n) is 27.5. The third-order valence-electron chi connectivity index (χ3n) is 13.5. The first-order chi connectivity index (χ1) is 20.0. The summed E-state index contributed by atoms with van der Waals surface area (Å²) in [4.78, 5) is 12.7. The molecule has 234 valence electrons. The summed E-state index contributed by atoms with van der Waals surface area (Å²) in [6.07, 6.45) is 17.6. The molecule has 0 bridgehead atoms. The van der Waals surface area contributed by atoms with Crippen LogP contribution in [0.2, 0.25) is 0 Å². The normalized spacial score (nSPS) is 37.5. The molecule has 10 atom stereocenters. The van der Waals surface area contributed by atoms with Gasteiger partial charge in [-0.1, -0.05) is 60.5 Å². The van der Waals surface area contributed by atoms with E-state index in [4.69, 9.17) is 9.47 Å². The molecule has 0 aromatic heterocycles. The highest BCUT2D eigenvalue weighted by atomic mass is 16.5. The first kappa shape index (κ1) is 31.5. The maximum Gasteiger partial charge on any atom is 0.331 e. The van der Waals surface area contributed by atoms with Crippen LogP contribution in [0.25, 0.3) is 6.08 Å². The molecule has 4 aliphatic carbocycles. The van der Waals surface area contributed by atoms with Gasteiger partial charge in [0.25, 0.3) is 0 Å². The maximum absolute atomic E-state index is 12.7. The van der Waals surface area contributed by atoms with E-state index in [2.05, 4.69) is 41.5 Å². The van der Waals surface area contributed by atoms with Gasteiger partial charge in [0.1, 0.15) is 6.10 Å². The van der Waals surface area contributed by atoms with E-state index in [1.807, 2.05) is 0 Å². The second-order valence-electron chi connectivity index (χ2n) is 15.8. The average molecular weight is 579 g/mol. The SMILES string of the molecule is COc1cc(/C=C/C(=O)O[C@H]2CC[C@@]3(C)[C@H](CC[C@@H]4[C@@H]3CC[C@]3(C)[C@@H]([C@H](C)CC[C@@H](C)C(C)C)CC[C@@H]43)C2)ccc1O. The number of phenolic OH excluding ortho intramolecular Hbond substituents is 1. The van der Waals surface area contributed by atoms with Crippen molar-refractivity contribution in [3.05, 3.63) is 29.8 Å². The van der Waals surface area contributed by atoms with Gasteiger partial charge in [0, 0.05) is 6.08 Å². The van der Waals surface area contributed by atoms with Gasteiger partial charge in [-0.15, -0.1) is 0 Å². The van der Waals surface area contributed by atoms with Crippen LogP contribution in [0.4, 0.5) is 0 Å². The molecule has 4 fully saturated rings. The van der Waals surface area contributed by atoms with E-state index in [9.17, 15) is 9.90 Å². The molecule has 0 amide bonds. The number of phenols is 1. The zero-order chi connectivity index (χ0) is 30.2. The highest BCUT2D eigenvalue weighted by Crippen LogP contribution is 2.68. The molecule has 0 unspecified atom stereocenters. The Morgan fingerprint density at radius 2 is 1.71 bits per heavy atom. The smallest absolute Gasteiger partial charge is 0.331 e. The van der Waals surface area contributed by atoms with Crippen molar-refractivity contribution in [2.45, 2.75) is 118 Å². The number of carbonyl (C=O) groups excluding carboxylic acids is 1. The summed E-state index contributed by atoms with van der Waals surface area (Å²) in [5.41, 5.74) is 1.72. The quantitative estimate of drug-likeness (QED) is 0.234. The van der Waals surface area contributed by atoms with Crippen molar-refractivity contribution in [3.63, 3.8) is 0 Å².